The average molecular weight is 432 g/mol. The molecule has 0 saturated heterocycles. The van der Waals surface area contributed by atoms with Crippen LogP contribution in [0.1, 0.15) is 27.0 Å². The lowest BCUT2D eigenvalue weighted by Gasteiger charge is -2.09. The van der Waals surface area contributed by atoms with Crippen LogP contribution in [0.25, 0.3) is 6.08 Å². The maximum atomic E-state index is 12.8. The molecule has 0 saturated carbocycles. The van der Waals surface area contributed by atoms with Crippen LogP contribution in [0.3, 0.4) is 0 Å². The van der Waals surface area contributed by atoms with Crippen LogP contribution in [-0.4, -0.2) is 15.6 Å². The maximum Gasteiger partial charge on any atom is 0.270 e. The van der Waals surface area contributed by atoms with Gasteiger partial charge in [-0.05, 0) is 47.9 Å². The molecule has 1 heterocycles. The molecule has 0 N–H and O–H groups in total. The molecule has 1 aliphatic heterocycles. The molecular formula is C23H16N2O7. The zero-order valence-electron chi connectivity index (χ0n) is 16.8. The van der Waals surface area contributed by atoms with Gasteiger partial charge in [0.2, 0.25) is 5.78 Å². The molecule has 0 radical (unpaired) electrons. The number of rotatable bonds is 6. The monoisotopic (exact) mass is 432 g/mol. The van der Waals surface area contributed by atoms with Crippen LogP contribution < -0.4 is 9.47 Å². The van der Waals surface area contributed by atoms with Crippen LogP contribution in [0, 0.1) is 27.2 Å². The lowest BCUT2D eigenvalue weighted by atomic mass is 10.0. The lowest BCUT2D eigenvalue weighted by molar-refractivity contribution is -0.385. The van der Waals surface area contributed by atoms with Gasteiger partial charge in [-0.3, -0.25) is 25.0 Å². The number of aryl methyl sites for hydroxylation is 1. The second-order valence-corrected chi connectivity index (χ2v) is 7.12. The number of nitro groups is 2. The van der Waals surface area contributed by atoms with Crippen LogP contribution in [0.4, 0.5) is 11.4 Å². The SMILES string of the molecule is Cc1cc(OCc2ccc([N+](=O)[O-])cc2)cc2c1C(=O)/C(=C/c1cccc([N+](=O)[O-])c1)O2. The smallest absolute Gasteiger partial charge is 0.270 e. The second-order valence-electron chi connectivity index (χ2n) is 7.12. The fourth-order valence-electron chi connectivity index (χ4n) is 3.32. The van der Waals surface area contributed by atoms with Gasteiger partial charge in [0.15, 0.2) is 5.76 Å². The number of non-ortho nitro benzene ring substituents is 2. The molecule has 160 valence electrons. The molecule has 3 aromatic rings. The van der Waals surface area contributed by atoms with E-state index in [0.29, 0.717) is 28.2 Å². The summed E-state index contributed by atoms with van der Waals surface area (Å²) in [4.78, 5) is 33.5. The largest absolute Gasteiger partial charge is 0.489 e. The number of Topliss-reactive ketones (excluding diaryl/α,β-unsaturated/α-hetero) is 1. The van der Waals surface area contributed by atoms with Crippen molar-refractivity contribution in [3.8, 4) is 11.5 Å². The van der Waals surface area contributed by atoms with E-state index in [0.717, 1.165) is 5.56 Å². The van der Waals surface area contributed by atoms with Gasteiger partial charge in [-0.15, -0.1) is 0 Å². The molecular weight excluding hydrogens is 416 g/mol. The van der Waals surface area contributed by atoms with Crippen molar-refractivity contribution in [1.29, 1.82) is 0 Å². The fraction of sp³-hybridized carbons (Fsp3) is 0.0870. The molecule has 0 atom stereocenters. The highest BCUT2D eigenvalue weighted by atomic mass is 16.6. The van der Waals surface area contributed by atoms with Crippen molar-refractivity contribution in [2.24, 2.45) is 0 Å². The van der Waals surface area contributed by atoms with E-state index in [2.05, 4.69) is 0 Å². The predicted octanol–water partition coefficient (Wildman–Crippen LogP) is 5.01. The highest BCUT2D eigenvalue weighted by Crippen LogP contribution is 2.38. The van der Waals surface area contributed by atoms with Crippen molar-refractivity contribution in [3.63, 3.8) is 0 Å². The molecule has 9 heteroatoms. The number of fused-ring (bicyclic) bond motifs is 1. The third-order valence-corrected chi connectivity index (χ3v) is 4.88. The number of carbonyl (C=O) groups is 1. The Hall–Kier alpha value is -4.53. The number of carbonyl (C=O) groups excluding carboxylic acids is 1. The molecule has 32 heavy (non-hydrogen) atoms. The van der Waals surface area contributed by atoms with Gasteiger partial charge in [0.1, 0.15) is 18.1 Å². The minimum Gasteiger partial charge on any atom is -0.489 e. The Morgan fingerprint density at radius 3 is 2.38 bits per heavy atom. The van der Waals surface area contributed by atoms with E-state index in [1.54, 1.807) is 37.3 Å². The van der Waals surface area contributed by atoms with E-state index >= 15 is 0 Å². The average Bonchev–Trinajstić information content (AvgIpc) is 3.08. The molecule has 0 spiro atoms. The third-order valence-electron chi connectivity index (χ3n) is 4.88. The third kappa shape index (κ3) is 4.17. The molecule has 3 aromatic carbocycles. The molecule has 0 amide bonds. The summed E-state index contributed by atoms with van der Waals surface area (Å²) in [6, 6.07) is 15.2. The Morgan fingerprint density at radius 2 is 1.69 bits per heavy atom. The first-order valence-electron chi connectivity index (χ1n) is 9.51. The van der Waals surface area contributed by atoms with Crippen LogP contribution >= 0.6 is 0 Å². The van der Waals surface area contributed by atoms with Gasteiger partial charge in [-0.25, -0.2) is 0 Å². The van der Waals surface area contributed by atoms with E-state index in [-0.39, 0.29) is 29.5 Å². The predicted molar refractivity (Wildman–Crippen MR) is 115 cm³/mol. The summed E-state index contributed by atoms with van der Waals surface area (Å²) in [5.74, 6) is 0.566. The Bertz CT molecular complexity index is 1280. The number of benzene rings is 3. The number of ketones is 1. The molecule has 0 fully saturated rings. The highest BCUT2D eigenvalue weighted by molar-refractivity contribution is 6.15. The van der Waals surface area contributed by atoms with Crippen molar-refractivity contribution in [3.05, 3.63) is 109 Å². The van der Waals surface area contributed by atoms with Crippen molar-refractivity contribution < 1.29 is 24.1 Å². The lowest BCUT2D eigenvalue weighted by Crippen LogP contribution is -2.00. The molecule has 0 aliphatic carbocycles. The van der Waals surface area contributed by atoms with Gasteiger partial charge in [-0.1, -0.05) is 12.1 Å². The van der Waals surface area contributed by atoms with Crippen molar-refractivity contribution in [2.45, 2.75) is 13.5 Å². The molecule has 9 nitrogen and oxygen atoms in total. The minimum absolute atomic E-state index is 0.00268. The Kier molecular flexibility index (Phi) is 5.38. The Balaban J connectivity index is 1.53. The quantitative estimate of drug-likeness (QED) is 0.305. The molecule has 4 rings (SSSR count). The summed E-state index contributed by atoms with van der Waals surface area (Å²) >= 11 is 0. The number of nitrogens with zero attached hydrogens (tertiary/aromatic N) is 2. The first-order valence-corrected chi connectivity index (χ1v) is 9.51. The number of hydrogen-bond acceptors (Lipinski definition) is 7. The summed E-state index contributed by atoms with van der Waals surface area (Å²) in [7, 11) is 0. The summed E-state index contributed by atoms with van der Waals surface area (Å²) in [5.41, 5.74) is 2.20. The van der Waals surface area contributed by atoms with E-state index in [1.165, 1.54) is 36.4 Å². The van der Waals surface area contributed by atoms with Crippen LogP contribution in [-0.2, 0) is 6.61 Å². The zero-order valence-corrected chi connectivity index (χ0v) is 16.8. The number of hydrogen-bond donors (Lipinski definition) is 0. The van der Waals surface area contributed by atoms with Crippen LogP contribution in [0.2, 0.25) is 0 Å². The summed E-state index contributed by atoms with van der Waals surface area (Å²) in [5, 5.41) is 21.7. The molecule has 0 bridgehead atoms. The van der Waals surface area contributed by atoms with Gasteiger partial charge >= 0.3 is 0 Å². The van der Waals surface area contributed by atoms with Gasteiger partial charge in [0.05, 0.1) is 15.4 Å². The zero-order chi connectivity index (χ0) is 22.8. The maximum absolute atomic E-state index is 12.8. The van der Waals surface area contributed by atoms with E-state index in [1.807, 2.05) is 0 Å². The minimum atomic E-state index is -0.507. The summed E-state index contributed by atoms with van der Waals surface area (Å²) in [6.07, 6.45) is 1.46. The van der Waals surface area contributed by atoms with Gasteiger partial charge in [0, 0.05) is 30.3 Å². The van der Waals surface area contributed by atoms with E-state index in [9.17, 15) is 25.0 Å². The van der Waals surface area contributed by atoms with Crippen LogP contribution in [0.5, 0.6) is 11.5 Å². The molecule has 0 aromatic heterocycles. The topological polar surface area (TPSA) is 122 Å². The standard InChI is InChI=1S/C23H16N2O7/c1-14-9-19(31-13-15-5-7-17(8-6-15)24(27)28)12-20-22(14)23(26)21(32-20)11-16-3-2-4-18(10-16)25(29)30/h2-12H,13H2,1H3/b21-11-. The van der Waals surface area contributed by atoms with E-state index < -0.39 is 9.85 Å². The van der Waals surface area contributed by atoms with Crippen molar-refractivity contribution in [2.75, 3.05) is 0 Å². The summed E-state index contributed by atoms with van der Waals surface area (Å²) < 4.78 is 11.5. The molecule has 0 unspecified atom stereocenters. The second kappa shape index (κ2) is 8.31. The number of allylic oxidation sites excluding steroid dienone is 1. The Labute approximate surface area is 181 Å². The van der Waals surface area contributed by atoms with Crippen LogP contribution in [0.15, 0.2) is 66.4 Å². The van der Waals surface area contributed by atoms with Gasteiger partial charge in [0.25, 0.3) is 11.4 Å². The Morgan fingerprint density at radius 1 is 0.969 bits per heavy atom. The number of ether oxygens (including phenoxy) is 2. The normalized spacial score (nSPS) is 13.5. The van der Waals surface area contributed by atoms with Crippen molar-refractivity contribution >= 4 is 23.2 Å². The fourth-order valence-corrected chi connectivity index (χ4v) is 3.32. The molecule has 1 aliphatic rings. The van der Waals surface area contributed by atoms with Gasteiger partial charge < -0.3 is 9.47 Å². The van der Waals surface area contributed by atoms with Crippen molar-refractivity contribution in [1.82, 2.24) is 0 Å². The summed E-state index contributed by atoms with van der Waals surface area (Å²) in [6.45, 7) is 1.94. The first kappa shape index (κ1) is 20.7. The number of nitro benzene ring substituents is 2. The highest BCUT2D eigenvalue weighted by Gasteiger charge is 2.30. The van der Waals surface area contributed by atoms with Gasteiger partial charge in [-0.2, -0.15) is 0 Å². The van der Waals surface area contributed by atoms with E-state index in [4.69, 9.17) is 9.47 Å². The first-order chi connectivity index (χ1) is 15.3.